The number of carbonyl (C=O) groups excluding carboxylic acids is 2. The van der Waals surface area contributed by atoms with E-state index in [4.69, 9.17) is 21.1 Å². The largest absolute Gasteiger partial charge is 0.507 e. The Labute approximate surface area is 167 Å². The van der Waals surface area contributed by atoms with Crippen LogP contribution in [0.2, 0.25) is 5.02 Å². The van der Waals surface area contributed by atoms with Crippen LogP contribution in [0.15, 0.2) is 54.1 Å². The van der Waals surface area contributed by atoms with Crippen molar-refractivity contribution in [3.8, 4) is 5.75 Å². The monoisotopic (exact) mass is 401 g/mol. The number of rotatable bonds is 6. The molecule has 1 aliphatic heterocycles. The lowest BCUT2D eigenvalue weighted by Gasteiger charge is -2.25. The fourth-order valence-corrected chi connectivity index (χ4v) is 3.32. The van der Waals surface area contributed by atoms with Crippen molar-refractivity contribution >= 4 is 29.1 Å². The van der Waals surface area contributed by atoms with Gasteiger partial charge in [0.05, 0.1) is 25.3 Å². The molecular formula is C21H20ClNO5. The third-order valence-electron chi connectivity index (χ3n) is 4.63. The highest BCUT2D eigenvalue weighted by molar-refractivity contribution is 6.46. The molecule has 1 aliphatic rings. The van der Waals surface area contributed by atoms with Gasteiger partial charge in [-0.05, 0) is 42.0 Å². The van der Waals surface area contributed by atoms with Crippen LogP contribution < -0.4 is 4.74 Å². The van der Waals surface area contributed by atoms with E-state index in [0.717, 1.165) is 0 Å². The maximum atomic E-state index is 12.8. The Bertz CT molecular complexity index is 905. The Hall–Kier alpha value is -2.83. The predicted molar refractivity (Wildman–Crippen MR) is 105 cm³/mol. The molecule has 3 rings (SSSR count). The Morgan fingerprint density at radius 1 is 1.07 bits per heavy atom. The average Bonchev–Trinajstić information content (AvgIpc) is 2.97. The number of ketones is 1. The standard InChI is InChI=1S/C21H20ClNO5/c1-27-12-11-23-18(13-5-9-16(28-2)10-6-13)17(20(25)21(23)26)19(24)14-3-7-15(22)8-4-14/h3-10,18,24H,11-12H2,1-2H3/t18-/m0/s1. The topological polar surface area (TPSA) is 76.1 Å². The fourth-order valence-electron chi connectivity index (χ4n) is 3.20. The maximum absolute atomic E-state index is 12.8. The molecular weight excluding hydrogens is 382 g/mol. The molecule has 1 fully saturated rings. The van der Waals surface area contributed by atoms with Gasteiger partial charge < -0.3 is 19.5 Å². The van der Waals surface area contributed by atoms with Crippen LogP contribution in [0.25, 0.3) is 5.76 Å². The smallest absolute Gasteiger partial charge is 0.295 e. The van der Waals surface area contributed by atoms with Crippen LogP contribution in [0.5, 0.6) is 5.75 Å². The number of Topliss-reactive ketones (excluding diaryl/α,β-unsaturated/α-hetero) is 1. The van der Waals surface area contributed by atoms with Crippen molar-refractivity contribution in [3.05, 3.63) is 70.3 Å². The number of aliphatic hydroxyl groups is 1. The van der Waals surface area contributed by atoms with Gasteiger partial charge in [0, 0.05) is 24.2 Å². The number of hydrogen-bond acceptors (Lipinski definition) is 5. The van der Waals surface area contributed by atoms with Crippen molar-refractivity contribution in [3.63, 3.8) is 0 Å². The van der Waals surface area contributed by atoms with Gasteiger partial charge in [0.25, 0.3) is 11.7 Å². The van der Waals surface area contributed by atoms with Crippen molar-refractivity contribution in [2.45, 2.75) is 6.04 Å². The van der Waals surface area contributed by atoms with E-state index in [9.17, 15) is 14.7 Å². The van der Waals surface area contributed by atoms with E-state index < -0.39 is 17.7 Å². The second kappa shape index (κ2) is 8.46. The molecule has 0 saturated carbocycles. The zero-order valence-corrected chi connectivity index (χ0v) is 16.3. The summed E-state index contributed by atoms with van der Waals surface area (Å²) >= 11 is 5.91. The van der Waals surface area contributed by atoms with E-state index in [1.165, 1.54) is 12.0 Å². The summed E-state index contributed by atoms with van der Waals surface area (Å²) in [6.45, 7) is 0.482. The zero-order chi connectivity index (χ0) is 20.3. The molecule has 1 amide bonds. The van der Waals surface area contributed by atoms with Crippen LogP contribution in [0.4, 0.5) is 0 Å². The molecule has 0 aromatic heterocycles. The normalized spacial score (nSPS) is 18.5. The van der Waals surface area contributed by atoms with Crippen LogP contribution >= 0.6 is 11.6 Å². The maximum Gasteiger partial charge on any atom is 0.295 e. The number of ether oxygens (including phenoxy) is 2. The first-order valence-electron chi connectivity index (χ1n) is 8.65. The number of aliphatic hydroxyl groups excluding tert-OH is 1. The minimum absolute atomic E-state index is 0.0357. The Kier molecular flexibility index (Phi) is 6.02. The van der Waals surface area contributed by atoms with Crippen LogP contribution in [0, 0.1) is 0 Å². The van der Waals surface area contributed by atoms with E-state index in [2.05, 4.69) is 0 Å². The van der Waals surface area contributed by atoms with Gasteiger partial charge in [0.1, 0.15) is 11.5 Å². The first kappa shape index (κ1) is 19.9. The summed E-state index contributed by atoms with van der Waals surface area (Å²) in [5, 5.41) is 11.4. The molecule has 0 spiro atoms. The molecule has 2 aromatic rings. The van der Waals surface area contributed by atoms with Crippen molar-refractivity contribution in [2.24, 2.45) is 0 Å². The van der Waals surface area contributed by atoms with Crippen LogP contribution in [-0.4, -0.2) is 49.1 Å². The average molecular weight is 402 g/mol. The van der Waals surface area contributed by atoms with E-state index in [0.29, 0.717) is 21.9 Å². The molecule has 1 saturated heterocycles. The third kappa shape index (κ3) is 3.74. The van der Waals surface area contributed by atoms with E-state index in [1.54, 1.807) is 55.6 Å². The molecule has 7 heteroatoms. The third-order valence-corrected chi connectivity index (χ3v) is 4.88. The van der Waals surface area contributed by atoms with Gasteiger partial charge in [-0.15, -0.1) is 0 Å². The molecule has 2 aromatic carbocycles. The number of methoxy groups -OCH3 is 2. The minimum atomic E-state index is -0.732. The van der Waals surface area contributed by atoms with Crippen molar-refractivity contribution in [1.29, 1.82) is 0 Å². The Morgan fingerprint density at radius 2 is 1.71 bits per heavy atom. The highest BCUT2D eigenvalue weighted by Crippen LogP contribution is 2.39. The van der Waals surface area contributed by atoms with Gasteiger partial charge in [-0.1, -0.05) is 23.7 Å². The summed E-state index contributed by atoms with van der Waals surface area (Å²) < 4.78 is 10.3. The lowest BCUT2D eigenvalue weighted by Crippen LogP contribution is -2.32. The second-order valence-electron chi connectivity index (χ2n) is 6.27. The van der Waals surface area contributed by atoms with Crippen LogP contribution in [-0.2, 0) is 14.3 Å². The number of amides is 1. The SMILES string of the molecule is COCCN1C(=O)C(=O)C(=C(O)c2ccc(Cl)cc2)[C@@H]1c1ccc(OC)cc1. The number of nitrogens with zero attached hydrogens (tertiary/aromatic N) is 1. The number of likely N-dealkylation sites (tertiary alicyclic amines) is 1. The number of hydrogen-bond donors (Lipinski definition) is 1. The number of benzene rings is 2. The molecule has 6 nitrogen and oxygen atoms in total. The summed E-state index contributed by atoms with van der Waals surface area (Å²) in [6.07, 6.45) is 0. The zero-order valence-electron chi connectivity index (χ0n) is 15.5. The second-order valence-corrected chi connectivity index (χ2v) is 6.70. The fraction of sp³-hybridized carbons (Fsp3) is 0.238. The molecule has 1 N–H and O–H groups in total. The molecule has 0 aliphatic carbocycles. The molecule has 0 unspecified atom stereocenters. The van der Waals surface area contributed by atoms with Crippen molar-refractivity contribution < 1.29 is 24.2 Å². The first-order valence-corrected chi connectivity index (χ1v) is 9.03. The van der Waals surface area contributed by atoms with E-state index >= 15 is 0 Å². The van der Waals surface area contributed by atoms with Crippen LogP contribution in [0.1, 0.15) is 17.2 Å². The predicted octanol–water partition coefficient (Wildman–Crippen LogP) is 3.42. The summed E-state index contributed by atoms with van der Waals surface area (Å²) in [7, 11) is 3.08. The molecule has 0 bridgehead atoms. The highest BCUT2D eigenvalue weighted by atomic mass is 35.5. The number of carbonyl (C=O) groups is 2. The molecule has 28 heavy (non-hydrogen) atoms. The quantitative estimate of drug-likeness (QED) is 0.456. The summed E-state index contributed by atoms with van der Waals surface area (Å²) in [5.41, 5.74) is 1.13. The molecule has 1 heterocycles. The summed E-state index contributed by atoms with van der Waals surface area (Å²) in [4.78, 5) is 26.8. The first-order chi connectivity index (χ1) is 13.5. The lowest BCUT2D eigenvalue weighted by molar-refractivity contribution is -0.140. The minimum Gasteiger partial charge on any atom is -0.507 e. The summed E-state index contributed by atoms with van der Waals surface area (Å²) in [6, 6.07) is 12.7. The van der Waals surface area contributed by atoms with E-state index in [-0.39, 0.29) is 24.5 Å². The highest BCUT2D eigenvalue weighted by Gasteiger charge is 2.45. The lowest BCUT2D eigenvalue weighted by atomic mass is 9.95. The van der Waals surface area contributed by atoms with Gasteiger partial charge >= 0.3 is 0 Å². The Morgan fingerprint density at radius 3 is 2.29 bits per heavy atom. The number of halogens is 1. The van der Waals surface area contributed by atoms with Crippen molar-refractivity contribution in [1.82, 2.24) is 4.90 Å². The van der Waals surface area contributed by atoms with E-state index in [1.807, 2.05) is 0 Å². The van der Waals surface area contributed by atoms with Crippen molar-refractivity contribution in [2.75, 3.05) is 27.4 Å². The molecule has 0 radical (unpaired) electrons. The Balaban J connectivity index is 2.13. The van der Waals surface area contributed by atoms with Crippen LogP contribution in [0.3, 0.4) is 0 Å². The van der Waals surface area contributed by atoms with Gasteiger partial charge in [-0.2, -0.15) is 0 Å². The van der Waals surface area contributed by atoms with Gasteiger partial charge in [-0.3, -0.25) is 9.59 Å². The van der Waals surface area contributed by atoms with Gasteiger partial charge in [0.2, 0.25) is 0 Å². The van der Waals surface area contributed by atoms with Gasteiger partial charge in [0.15, 0.2) is 0 Å². The molecule has 1 atom stereocenters. The van der Waals surface area contributed by atoms with Gasteiger partial charge in [-0.25, -0.2) is 0 Å². The molecule has 146 valence electrons. The summed E-state index contributed by atoms with van der Waals surface area (Å²) in [5.74, 6) is -0.996.